The Morgan fingerprint density at radius 2 is 2.24 bits per heavy atom. The van der Waals surface area contributed by atoms with Crippen molar-refractivity contribution in [3.8, 4) is 0 Å². The van der Waals surface area contributed by atoms with Crippen LogP contribution in [0.15, 0.2) is 29.3 Å². The van der Waals surface area contributed by atoms with Crippen LogP contribution in [0.2, 0.25) is 0 Å². The fraction of sp³-hybridized carbons (Fsp3) is 0.278. The zero-order chi connectivity index (χ0) is 17.6. The molecule has 4 rings (SSSR count). The van der Waals surface area contributed by atoms with Gasteiger partial charge in [0, 0.05) is 4.88 Å². The highest BCUT2D eigenvalue weighted by atomic mass is 32.1. The molecule has 0 radical (unpaired) electrons. The van der Waals surface area contributed by atoms with Crippen molar-refractivity contribution < 1.29 is 9.18 Å². The fourth-order valence-electron chi connectivity index (χ4n) is 3.20. The molecule has 1 amide bonds. The van der Waals surface area contributed by atoms with Gasteiger partial charge >= 0.3 is 0 Å². The molecule has 2 aromatic heterocycles. The average molecular weight is 357 g/mol. The first-order valence-corrected chi connectivity index (χ1v) is 8.90. The van der Waals surface area contributed by atoms with Crippen molar-refractivity contribution in [1.82, 2.24) is 9.55 Å². The number of thiophene rings is 1. The molecular weight excluding hydrogens is 341 g/mol. The number of nitrogens with zero attached hydrogens (tertiary/aromatic N) is 2. The van der Waals surface area contributed by atoms with Crippen molar-refractivity contribution in [2.45, 2.75) is 32.7 Å². The van der Waals surface area contributed by atoms with Crippen LogP contribution in [0.4, 0.5) is 10.1 Å². The SMILES string of the molecule is Cc1ccc(NC(=O)Cn2cnc3sc4c(c3c2=O)CCC4)c(F)c1. The fourth-order valence-corrected chi connectivity index (χ4v) is 4.42. The van der Waals surface area contributed by atoms with Gasteiger partial charge in [-0.25, -0.2) is 9.37 Å². The largest absolute Gasteiger partial charge is 0.322 e. The van der Waals surface area contributed by atoms with Crippen LogP contribution in [0.5, 0.6) is 0 Å². The van der Waals surface area contributed by atoms with E-state index in [1.165, 1.54) is 27.9 Å². The summed E-state index contributed by atoms with van der Waals surface area (Å²) in [7, 11) is 0. The molecule has 0 saturated heterocycles. The Labute approximate surface area is 147 Å². The van der Waals surface area contributed by atoms with Crippen molar-refractivity contribution in [3.05, 3.63) is 56.7 Å². The van der Waals surface area contributed by atoms with Gasteiger partial charge in [0.2, 0.25) is 5.91 Å². The van der Waals surface area contributed by atoms with E-state index in [4.69, 9.17) is 0 Å². The Hall–Kier alpha value is -2.54. The van der Waals surface area contributed by atoms with Crippen LogP contribution in [-0.2, 0) is 24.2 Å². The number of fused-ring (bicyclic) bond motifs is 3. The van der Waals surface area contributed by atoms with Gasteiger partial charge in [-0.1, -0.05) is 6.07 Å². The number of rotatable bonds is 3. The topological polar surface area (TPSA) is 64.0 Å². The van der Waals surface area contributed by atoms with Crippen molar-refractivity contribution >= 4 is 33.1 Å². The summed E-state index contributed by atoms with van der Waals surface area (Å²) in [6, 6.07) is 4.58. The second kappa shape index (κ2) is 6.07. The van der Waals surface area contributed by atoms with Crippen LogP contribution in [0.25, 0.3) is 10.2 Å². The molecule has 0 saturated carbocycles. The second-order valence-corrected chi connectivity index (χ2v) is 7.33. The Morgan fingerprint density at radius 1 is 1.40 bits per heavy atom. The summed E-state index contributed by atoms with van der Waals surface area (Å²) in [6.45, 7) is 1.58. The van der Waals surface area contributed by atoms with E-state index in [0.29, 0.717) is 5.39 Å². The molecule has 0 fully saturated rings. The minimum atomic E-state index is -0.495. The number of carbonyl (C=O) groups is 1. The third kappa shape index (κ3) is 2.84. The third-order valence-electron chi connectivity index (χ3n) is 4.40. The first kappa shape index (κ1) is 16.0. The van der Waals surface area contributed by atoms with E-state index in [2.05, 4.69) is 10.3 Å². The number of hydrogen-bond donors (Lipinski definition) is 1. The highest BCUT2D eigenvalue weighted by molar-refractivity contribution is 7.18. The average Bonchev–Trinajstić information content (AvgIpc) is 3.13. The number of aromatic nitrogens is 2. The first-order chi connectivity index (χ1) is 12.0. The molecule has 5 nitrogen and oxygen atoms in total. The summed E-state index contributed by atoms with van der Waals surface area (Å²) in [6.07, 6.45) is 4.32. The maximum Gasteiger partial charge on any atom is 0.262 e. The molecule has 0 spiro atoms. The molecule has 0 bridgehead atoms. The molecule has 1 aliphatic carbocycles. The van der Waals surface area contributed by atoms with Crippen LogP contribution in [0, 0.1) is 12.7 Å². The summed E-state index contributed by atoms with van der Waals surface area (Å²) >= 11 is 1.56. The van der Waals surface area contributed by atoms with Crippen LogP contribution in [-0.4, -0.2) is 15.5 Å². The van der Waals surface area contributed by atoms with E-state index >= 15 is 0 Å². The molecule has 7 heteroatoms. The normalized spacial score (nSPS) is 13.2. The quantitative estimate of drug-likeness (QED) is 0.784. The van der Waals surface area contributed by atoms with Crippen LogP contribution in [0.3, 0.4) is 0 Å². The molecule has 25 heavy (non-hydrogen) atoms. The van der Waals surface area contributed by atoms with Crippen LogP contribution >= 0.6 is 11.3 Å². The van der Waals surface area contributed by atoms with Gasteiger partial charge in [0.1, 0.15) is 17.2 Å². The third-order valence-corrected chi connectivity index (χ3v) is 5.60. The lowest BCUT2D eigenvalue weighted by atomic mass is 10.2. The number of anilines is 1. The number of halogens is 1. The summed E-state index contributed by atoms with van der Waals surface area (Å²) < 4.78 is 15.1. The van der Waals surface area contributed by atoms with Gasteiger partial charge in [0.25, 0.3) is 5.56 Å². The van der Waals surface area contributed by atoms with E-state index < -0.39 is 11.7 Å². The number of aryl methyl sites for hydroxylation is 3. The molecule has 0 unspecified atom stereocenters. The van der Waals surface area contributed by atoms with Gasteiger partial charge in [-0.05, 0) is 49.4 Å². The lowest BCUT2D eigenvalue weighted by Crippen LogP contribution is -2.28. The zero-order valence-electron chi connectivity index (χ0n) is 13.6. The highest BCUT2D eigenvalue weighted by Crippen LogP contribution is 2.34. The molecule has 3 aromatic rings. The smallest absolute Gasteiger partial charge is 0.262 e. The van der Waals surface area contributed by atoms with E-state index in [1.54, 1.807) is 24.3 Å². The Kier molecular flexibility index (Phi) is 3.88. The molecule has 0 aliphatic heterocycles. The maximum atomic E-state index is 13.9. The molecule has 1 N–H and O–H groups in total. The van der Waals surface area contributed by atoms with E-state index in [9.17, 15) is 14.0 Å². The van der Waals surface area contributed by atoms with Crippen LogP contribution < -0.4 is 10.9 Å². The zero-order valence-corrected chi connectivity index (χ0v) is 14.5. The number of amides is 1. The molecule has 1 aliphatic rings. The van der Waals surface area contributed by atoms with Crippen LogP contribution in [0.1, 0.15) is 22.4 Å². The first-order valence-electron chi connectivity index (χ1n) is 8.08. The van der Waals surface area contributed by atoms with Crippen molar-refractivity contribution in [2.24, 2.45) is 0 Å². The van der Waals surface area contributed by atoms with Crippen molar-refractivity contribution in [2.75, 3.05) is 5.32 Å². The Morgan fingerprint density at radius 3 is 3.04 bits per heavy atom. The van der Waals surface area contributed by atoms with Crippen molar-refractivity contribution in [1.29, 1.82) is 0 Å². The van der Waals surface area contributed by atoms with Gasteiger partial charge in [-0.3, -0.25) is 14.2 Å². The van der Waals surface area contributed by atoms with Crippen molar-refractivity contribution in [3.63, 3.8) is 0 Å². The second-order valence-electron chi connectivity index (χ2n) is 6.25. The summed E-state index contributed by atoms with van der Waals surface area (Å²) in [5, 5.41) is 3.14. The van der Waals surface area contributed by atoms with Gasteiger partial charge < -0.3 is 5.32 Å². The van der Waals surface area contributed by atoms with E-state index in [-0.39, 0.29) is 17.8 Å². The molecule has 1 aromatic carbocycles. The minimum Gasteiger partial charge on any atom is -0.322 e. The monoisotopic (exact) mass is 357 g/mol. The lowest BCUT2D eigenvalue weighted by molar-refractivity contribution is -0.116. The standard InChI is InChI=1S/C18H16FN3O2S/c1-10-5-6-13(12(19)7-10)21-15(23)8-22-9-20-17-16(18(22)24)11-3-2-4-14(11)25-17/h5-7,9H,2-4,8H2,1H3,(H,21,23). The minimum absolute atomic E-state index is 0.106. The number of benzene rings is 1. The van der Waals surface area contributed by atoms with Gasteiger partial charge in [-0.15, -0.1) is 11.3 Å². The number of hydrogen-bond acceptors (Lipinski definition) is 4. The predicted molar refractivity (Wildman–Crippen MR) is 95.7 cm³/mol. The van der Waals surface area contributed by atoms with Gasteiger partial charge in [-0.2, -0.15) is 0 Å². The maximum absolute atomic E-state index is 13.9. The van der Waals surface area contributed by atoms with Gasteiger partial charge in [0.05, 0.1) is 17.4 Å². The summed E-state index contributed by atoms with van der Waals surface area (Å²) in [4.78, 5) is 31.2. The highest BCUT2D eigenvalue weighted by Gasteiger charge is 2.21. The molecular formula is C18H16FN3O2S. The molecule has 128 valence electrons. The van der Waals surface area contributed by atoms with E-state index in [0.717, 1.165) is 35.2 Å². The van der Waals surface area contributed by atoms with E-state index in [1.807, 2.05) is 0 Å². The predicted octanol–water partition coefficient (Wildman–Crippen LogP) is 3.03. The Balaban J connectivity index is 1.61. The van der Waals surface area contributed by atoms with Gasteiger partial charge in [0.15, 0.2) is 0 Å². The Bertz CT molecular complexity index is 1050. The summed E-state index contributed by atoms with van der Waals surface area (Å²) in [5.41, 5.74) is 1.75. The molecule has 2 heterocycles. The number of carbonyl (C=O) groups excluding carboxylic acids is 1. The number of nitrogens with one attached hydrogen (secondary N) is 1. The lowest BCUT2D eigenvalue weighted by Gasteiger charge is -2.09. The molecule has 0 atom stereocenters. The summed E-state index contributed by atoms with van der Waals surface area (Å²) in [5.74, 6) is -0.956.